The minimum Gasteiger partial charge on any atom is -0.497 e. The highest BCUT2D eigenvalue weighted by atomic mass is 32.2. The standard InChI is InChI=1S/C19H22N2O3S/c1-23-16-4-8-18(9-5-16)25-17-6-2-14(3-7-17)21-19(22)12-15-13-24-11-10-20-15/h2-9,15,20H,10-13H2,1H3,(H,21,22). The molecule has 2 N–H and O–H groups in total. The molecule has 2 aromatic carbocycles. The first kappa shape index (κ1) is 17.8. The lowest BCUT2D eigenvalue weighted by molar-refractivity contribution is -0.117. The van der Waals surface area contributed by atoms with Crippen LogP contribution in [0.15, 0.2) is 58.3 Å². The summed E-state index contributed by atoms with van der Waals surface area (Å²) in [6, 6.07) is 15.9. The van der Waals surface area contributed by atoms with Gasteiger partial charge in [-0.1, -0.05) is 11.8 Å². The summed E-state index contributed by atoms with van der Waals surface area (Å²) in [7, 11) is 1.66. The van der Waals surface area contributed by atoms with Gasteiger partial charge in [0.2, 0.25) is 5.91 Å². The number of hydrogen-bond donors (Lipinski definition) is 2. The lowest BCUT2D eigenvalue weighted by atomic mass is 10.2. The zero-order valence-electron chi connectivity index (χ0n) is 14.2. The zero-order chi connectivity index (χ0) is 17.5. The molecule has 1 aliphatic heterocycles. The molecule has 25 heavy (non-hydrogen) atoms. The number of hydrogen-bond acceptors (Lipinski definition) is 5. The van der Waals surface area contributed by atoms with Crippen molar-refractivity contribution in [3.63, 3.8) is 0 Å². The van der Waals surface area contributed by atoms with Gasteiger partial charge in [0.05, 0.1) is 20.3 Å². The third-order valence-corrected chi connectivity index (χ3v) is 4.88. The van der Waals surface area contributed by atoms with E-state index < -0.39 is 0 Å². The fraction of sp³-hybridized carbons (Fsp3) is 0.316. The summed E-state index contributed by atoms with van der Waals surface area (Å²) in [5, 5.41) is 6.22. The summed E-state index contributed by atoms with van der Waals surface area (Å²) in [5.41, 5.74) is 0.806. The molecule has 1 heterocycles. The van der Waals surface area contributed by atoms with E-state index in [1.54, 1.807) is 18.9 Å². The third-order valence-electron chi connectivity index (χ3n) is 3.86. The molecule has 0 saturated carbocycles. The Kier molecular flexibility index (Phi) is 6.33. The van der Waals surface area contributed by atoms with Crippen molar-refractivity contribution in [3.8, 4) is 5.75 Å². The normalized spacial score (nSPS) is 17.1. The highest BCUT2D eigenvalue weighted by Gasteiger charge is 2.16. The number of rotatable bonds is 6. The SMILES string of the molecule is COc1ccc(Sc2ccc(NC(=O)CC3COCCN3)cc2)cc1. The number of nitrogens with one attached hydrogen (secondary N) is 2. The van der Waals surface area contributed by atoms with Crippen LogP contribution in [0.3, 0.4) is 0 Å². The van der Waals surface area contributed by atoms with Crippen LogP contribution in [0.5, 0.6) is 5.75 Å². The van der Waals surface area contributed by atoms with Crippen molar-refractivity contribution in [2.75, 3.05) is 32.2 Å². The molecule has 5 nitrogen and oxygen atoms in total. The summed E-state index contributed by atoms with van der Waals surface area (Å²) >= 11 is 1.67. The highest BCUT2D eigenvalue weighted by Crippen LogP contribution is 2.29. The Balaban J connectivity index is 1.51. The molecule has 0 aliphatic carbocycles. The average molecular weight is 358 g/mol. The molecular weight excluding hydrogens is 336 g/mol. The molecule has 1 amide bonds. The molecule has 1 fully saturated rings. The Hall–Kier alpha value is -2.02. The number of anilines is 1. The second kappa shape index (κ2) is 8.89. The molecular formula is C19H22N2O3S. The molecule has 132 valence electrons. The quantitative estimate of drug-likeness (QED) is 0.831. The van der Waals surface area contributed by atoms with Crippen molar-refractivity contribution in [1.29, 1.82) is 0 Å². The van der Waals surface area contributed by atoms with Gasteiger partial charge in [0.1, 0.15) is 5.75 Å². The summed E-state index contributed by atoms with van der Waals surface area (Å²) in [5.74, 6) is 0.846. The molecule has 0 bridgehead atoms. The van der Waals surface area contributed by atoms with Crippen LogP contribution in [0.4, 0.5) is 5.69 Å². The van der Waals surface area contributed by atoms with Crippen LogP contribution >= 0.6 is 11.8 Å². The Morgan fingerprint density at radius 3 is 2.48 bits per heavy atom. The zero-order valence-corrected chi connectivity index (χ0v) is 15.0. The van der Waals surface area contributed by atoms with E-state index in [1.807, 2.05) is 48.5 Å². The summed E-state index contributed by atoms with van der Waals surface area (Å²) < 4.78 is 10.5. The lowest BCUT2D eigenvalue weighted by Crippen LogP contribution is -2.43. The van der Waals surface area contributed by atoms with Gasteiger partial charge in [0.25, 0.3) is 0 Å². The van der Waals surface area contributed by atoms with Gasteiger partial charge in [-0.05, 0) is 48.5 Å². The predicted molar refractivity (Wildman–Crippen MR) is 99.4 cm³/mol. The molecule has 2 aromatic rings. The minimum absolute atomic E-state index is 0.00134. The Bertz CT molecular complexity index is 683. The van der Waals surface area contributed by atoms with E-state index in [0.717, 1.165) is 27.8 Å². The Morgan fingerprint density at radius 2 is 1.88 bits per heavy atom. The molecule has 6 heteroatoms. The smallest absolute Gasteiger partial charge is 0.226 e. The topological polar surface area (TPSA) is 59.6 Å². The fourth-order valence-electron chi connectivity index (χ4n) is 2.57. The molecule has 1 saturated heterocycles. The van der Waals surface area contributed by atoms with Crippen molar-refractivity contribution in [3.05, 3.63) is 48.5 Å². The largest absolute Gasteiger partial charge is 0.497 e. The molecule has 0 aromatic heterocycles. The van der Waals surface area contributed by atoms with Crippen LogP contribution in [0.1, 0.15) is 6.42 Å². The van der Waals surface area contributed by atoms with Gasteiger partial charge in [-0.2, -0.15) is 0 Å². The van der Waals surface area contributed by atoms with Crippen LogP contribution in [0.25, 0.3) is 0 Å². The molecule has 0 radical (unpaired) electrons. The van der Waals surface area contributed by atoms with Crippen molar-refractivity contribution in [2.45, 2.75) is 22.3 Å². The number of benzene rings is 2. The van der Waals surface area contributed by atoms with E-state index in [4.69, 9.17) is 9.47 Å². The van der Waals surface area contributed by atoms with E-state index in [2.05, 4.69) is 10.6 Å². The number of carbonyl (C=O) groups is 1. The van der Waals surface area contributed by atoms with Crippen LogP contribution in [-0.2, 0) is 9.53 Å². The van der Waals surface area contributed by atoms with Gasteiger partial charge < -0.3 is 20.1 Å². The molecule has 1 atom stereocenters. The minimum atomic E-state index is -0.00134. The van der Waals surface area contributed by atoms with Gasteiger partial charge >= 0.3 is 0 Å². The van der Waals surface area contributed by atoms with Crippen molar-refractivity contribution in [2.24, 2.45) is 0 Å². The molecule has 1 unspecified atom stereocenters. The highest BCUT2D eigenvalue weighted by molar-refractivity contribution is 7.99. The summed E-state index contributed by atoms with van der Waals surface area (Å²) in [6.45, 7) is 2.10. The monoisotopic (exact) mass is 358 g/mol. The number of amides is 1. The maximum absolute atomic E-state index is 12.1. The van der Waals surface area contributed by atoms with Gasteiger partial charge in [0, 0.05) is 34.5 Å². The molecule has 3 rings (SSSR count). The van der Waals surface area contributed by atoms with Crippen LogP contribution < -0.4 is 15.4 Å². The summed E-state index contributed by atoms with van der Waals surface area (Å²) in [4.78, 5) is 14.3. The van der Waals surface area contributed by atoms with Crippen molar-refractivity contribution >= 4 is 23.4 Å². The van der Waals surface area contributed by atoms with Crippen LogP contribution in [-0.4, -0.2) is 38.8 Å². The second-order valence-corrected chi connectivity index (χ2v) is 6.93. The number of ether oxygens (including phenoxy) is 2. The first-order valence-corrected chi connectivity index (χ1v) is 9.07. The first-order valence-electron chi connectivity index (χ1n) is 8.26. The Morgan fingerprint density at radius 1 is 1.20 bits per heavy atom. The maximum Gasteiger partial charge on any atom is 0.226 e. The number of morpholine rings is 1. The third kappa shape index (κ3) is 5.49. The summed E-state index contributed by atoms with van der Waals surface area (Å²) in [6.07, 6.45) is 0.419. The van der Waals surface area contributed by atoms with E-state index in [-0.39, 0.29) is 11.9 Å². The van der Waals surface area contributed by atoms with E-state index >= 15 is 0 Å². The molecule has 0 spiro atoms. The first-order chi connectivity index (χ1) is 12.2. The second-order valence-electron chi connectivity index (χ2n) is 5.78. The van der Waals surface area contributed by atoms with Gasteiger partial charge in [-0.3, -0.25) is 4.79 Å². The lowest BCUT2D eigenvalue weighted by Gasteiger charge is -2.23. The predicted octanol–water partition coefficient (Wildman–Crippen LogP) is 3.16. The Labute approximate surface area is 152 Å². The maximum atomic E-state index is 12.1. The van der Waals surface area contributed by atoms with Gasteiger partial charge in [-0.15, -0.1) is 0 Å². The van der Waals surface area contributed by atoms with Crippen LogP contribution in [0, 0.1) is 0 Å². The van der Waals surface area contributed by atoms with Gasteiger partial charge in [0.15, 0.2) is 0 Å². The fourth-order valence-corrected chi connectivity index (χ4v) is 3.39. The number of methoxy groups -OCH3 is 1. The van der Waals surface area contributed by atoms with Gasteiger partial charge in [-0.25, -0.2) is 0 Å². The van der Waals surface area contributed by atoms with E-state index in [0.29, 0.717) is 19.6 Å². The average Bonchev–Trinajstić information content (AvgIpc) is 2.65. The number of carbonyl (C=O) groups excluding carboxylic acids is 1. The van der Waals surface area contributed by atoms with Crippen molar-refractivity contribution in [1.82, 2.24) is 5.32 Å². The van der Waals surface area contributed by atoms with Crippen molar-refractivity contribution < 1.29 is 14.3 Å². The van der Waals surface area contributed by atoms with Crippen LogP contribution in [0.2, 0.25) is 0 Å². The molecule has 1 aliphatic rings. The van der Waals surface area contributed by atoms with E-state index in [9.17, 15) is 4.79 Å². The van der Waals surface area contributed by atoms with E-state index in [1.165, 1.54) is 0 Å².